The van der Waals surface area contributed by atoms with Crippen molar-refractivity contribution in [1.29, 1.82) is 0 Å². The molecule has 29 heavy (non-hydrogen) atoms. The summed E-state index contributed by atoms with van der Waals surface area (Å²) in [5.74, 6) is 1.25. The van der Waals surface area contributed by atoms with Gasteiger partial charge in [-0.15, -0.1) is 10.2 Å². The Kier molecular flexibility index (Phi) is 5.41. The topological polar surface area (TPSA) is 106 Å². The van der Waals surface area contributed by atoms with Crippen molar-refractivity contribution in [1.82, 2.24) is 19.7 Å². The largest absolute Gasteiger partial charge is 0.369 e. The van der Waals surface area contributed by atoms with Gasteiger partial charge in [0.2, 0.25) is 11.8 Å². The third-order valence-electron chi connectivity index (χ3n) is 5.14. The molecule has 8 heteroatoms. The van der Waals surface area contributed by atoms with Crippen molar-refractivity contribution in [3.05, 3.63) is 48.2 Å². The standard InChI is InChI=1S/C21H24N6O2/c22-18(28)13-15-14-27(17-6-2-1-5-16(15)17)20-9-8-19(24-25-20)23-10-4-12-26-11-3-7-21(26)29/h1-2,5-6,8-9,14H,3-4,7,10-13H2,(H2,22,28)(H,23,24). The maximum Gasteiger partial charge on any atom is 0.222 e. The zero-order chi connectivity index (χ0) is 20.2. The van der Waals surface area contributed by atoms with E-state index in [9.17, 15) is 9.59 Å². The second-order valence-corrected chi connectivity index (χ2v) is 7.23. The van der Waals surface area contributed by atoms with Crippen molar-refractivity contribution < 1.29 is 9.59 Å². The van der Waals surface area contributed by atoms with E-state index in [1.807, 2.05) is 52.1 Å². The third kappa shape index (κ3) is 4.21. The number of para-hydroxylation sites is 1. The number of fused-ring (bicyclic) bond motifs is 1. The molecule has 0 spiro atoms. The lowest BCUT2D eigenvalue weighted by atomic mass is 10.1. The van der Waals surface area contributed by atoms with Gasteiger partial charge in [0.05, 0.1) is 11.9 Å². The summed E-state index contributed by atoms with van der Waals surface area (Å²) in [5, 5.41) is 12.8. The van der Waals surface area contributed by atoms with Gasteiger partial charge < -0.3 is 16.0 Å². The molecule has 0 saturated carbocycles. The number of benzene rings is 1. The third-order valence-corrected chi connectivity index (χ3v) is 5.14. The van der Waals surface area contributed by atoms with Crippen LogP contribution < -0.4 is 11.1 Å². The minimum atomic E-state index is -0.367. The number of hydrogen-bond donors (Lipinski definition) is 2. The van der Waals surface area contributed by atoms with Crippen LogP contribution in [0.4, 0.5) is 5.82 Å². The average molecular weight is 392 g/mol. The lowest BCUT2D eigenvalue weighted by molar-refractivity contribution is -0.127. The molecule has 3 aromatic rings. The molecule has 0 unspecified atom stereocenters. The summed E-state index contributed by atoms with van der Waals surface area (Å²) in [6, 6.07) is 11.6. The van der Waals surface area contributed by atoms with Crippen molar-refractivity contribution in [3.63, 3.8) is 0 Å². The van der Waals surface area contributed by atoms with Crippen molar-refractivity contribution in [2.75, 3.05) is 25.0 Å². The highest BCUT2D eigenvalue weighted by atomic mass is 16.2. The van der Waals surface area contributed by atoms with Gasteiger partial charge in [-0.2, -0.15) is 0 Å². The Balaban J connectivity index is 1.42. The van der Waals surface area contributed by atoms with Gasteiger partial charge in [0, 0.05) is 37.6 Å². The lowest BCUT2D eigenvalue weighted by Gasteiger charge is -2.15. The van der Waals surface area contributed by atoms with Gasteiger partial charge in [-0.3, -0.25) is 14.2 Å². The van der Waals surface area contributed by atoms with Gasteiger partial charge in [0.15, 0.2) is 5.82 Å². The van der Waals surface area contributed by atoms with Gasteiger partial charge >= 0.3 is 0 Å². The van der Waals surface area contributed by atoms with E-state index in [1.165, 1.54) is 0 Å². The van der Waals surface area contributed by atoms with Crippen molar-refractivity contribution >= 4 is 28.5 Å². The number of carbonyl (C=O) groups excluding carboxylic acids is 2. The van der Waals surface area contributed by atoms with Crippen LogP contribution in [0.1, 0.15) is 24.8 Å². The predicted octanol–water partition coefficient (Wildman–Crippen LogP) is 1.87. The first-order valence-electron chi connectivity index (χ1n) is 9.85. The van der Waals surface area contributed by atoms with E-state index in [2.05, 4.69) is 15.5 Å². The molecule has 1 fully saturated rings. The minimum absolute atomic E-state index is 0.181. The van der Waals surface area contributed by atoms with Crippen molar-refractivity contribution in [3.8, 4) is 5.82 Å². The smallest absolute Gasteiger partial charge is 0.222 e. The predicted molar refractivity (Wildman–Crippen MR) is 111 cm³/mol. The van der Waals surface area contributed by atoms with E-state index in [0.717, 1.165) is 48.9 Å². The SMILES string of the molecule is NC(=O)Cc1cn(-c2ccc(NCCCN3CCCC3=O)nn2)c2ccccc12. The molecular weight excluding hydrogens is 368 g/mol. The van der Waals surface area contributed by atoms with Crippen LogP contribution in [0.3, 0.4) is 0 Å². The summed E-state index contributed by atoms with van der Waals surface area (Å²) in [7, 11) is 0. The molecular formula is C21H24N6O2. The fraction of sp³-hybridized carbons (Fsp3) is 0.333. The first-order chi connectivity index (χ1) is 14.1. The lowest BCUT2D eigenvalue weighted by Crippen LogP contribution is -2.27. The Hall–Kier alpha value is -3.42. The Labute approximate surface area is 168 Å². The Morgan fingerprint density at radius 3 is 2.76 bits per heavy atom. The number of nitrogens with two attached hydrogens (primary N) is 1. The summed E-state index contributed by atoms with van der Waals surface area (Å²) in [6.45, 7) is 2.37. The molecule has 2 aromatic heterocycles. The highest BCUT2D eigenvalue weighted by Crippen LogP contribution is 2.24. The monoisotopic (exact) mass is 392 g/mol. The number of primary amides is 1. The number of carbonyl (C=O) groups is 2. The fourth-order valence-electron chi connectivity index (χ4n) is 3.74. The highest BCUT2D eigenvalue weighted by Gasteiger charge is 2.19. The highest BCUT2D eigenvalue weighted by molar-refractivity contribution is 5.89. The quantitative estimate of drug-likeness (QED) is 0.569. The summed E-state index contributed by atoms with van der Waals surface area (Å²) in [4.78, 5) is 24.9. The summed E-state index contributed by atoms with van der Waals surface area (Å²) >= 11 is 0. The number of anilines is 1. The van der Waals surface area contributed by atoms with Crippen LogP contribution in [0.2, 0.25) is 0 Å². The first kappa shape index (κ1) is 18.9. The molecule has 1 aromatic carbocycles. The van der Waals surface area contributed by atoms with E-state index >= 15 is 0 Å². The van der Waals surface area contributed by atoms with Gasteiger partial charge in [0.1, 0.15) is 5.82 Å². The normalized spacial score (nSPS) is 13.9. The zero-order valence-corrected chi connectivity index (χ0v) is 16.2. The minimum Gasteiger partial charge on any atom is -0.369 e. The van der Waals surface area contributed by atoms with Gasteiger partial charge in [-0.1, -0.05) is 18.2 Å². The van der Waals surface area contributed by atoms with E-state index in [4.69, 9.17) is 5.73 Å². The van der Waals surface area contributed by atoms with Crippen molar-refractivity contribution in [2.24, 2.45) is 5.73 Å². The number of rotatable bonds is 8. The van der Waals surface area contributed by atoms with Crippen LogP contribution in [0.15, 0.2) is 42.6 Å². The maximum atomic E-state index is 11.6. The van der Waals surface area contributed by atoms with E-state index < -0.39 is 0 Å². The van der Waals surface area contributed by atoms with Gasteiger partial charge in [-0.25, -0.2) is 0 Å². The van der Waals surface area contributed by atoms with E-state index in [-0.39, 0.29) is 18.2 Å². The number of likely N-dealkylation sites (tertiary alicyclic amines) is 1. The Bertz CT molecular complexity index is 1030. The Morgan fingerprint density at radius 2 is 2.03 bits per heavy atom. The van der Waals surface area contributed by atoms with Crippen LogP contribution in [-0.2, 0) is 16.0 Å². The number of aromatic nitrogens is 3. The van der Waals surface area contributed by atoms with Crippen LogP contribution in [0, 0.1) is 0 Å². The van der Waals surface area contributed by atoms with Crippen LogP contribution >= 0.6 is 0 Å². The zero-order valence-electron chi connectivity index (χ0n) is 16.2. The Morgan fingerprint density at radius 1 is 1.17 bits per heavy atom. The molecule has 150 valence electrons. The molecule has 3 heterocycles. The summed E-state index contributed by atoms with van der Waals surface area (Å²) < 4.78 is 1.92. The first-order valence-corrected chi connectivity index (χ1v) is 9.85. The average Bonchev–Trinajstić information content (AvgIpc) is 3.29. The second kappa shape index (κ2) is 8.30. The molecule has 1 aliphatic rings. The maximum absolute atomic E-state index is 11.6. The summed E-state index contributed by atoms with van der Waals surface area (Å²) in [5.41, 5.74) is 7.20. The molecule has 0 radical (unpaired) electrons. The fourth-order valence-corrected chi connectivity index (χ4v) is 3.74. The second-order valence-electron chi connectivity index (χ2n) is 7.23. The molecule has 2 amide bonds. The molecule has 1 aliphatic heterocycles. The van der Waals surface area contributed by atoms with Gasteiger partial charge in [0.25, 0.3) is 0 Å². The molecule has 0 bridgehead atoms. The number of amides is 2. The van der Waals surface area contributed by atoms with Gasteiger partial charge in [-0.05, 0) is 36.6 Å². The van der Waals surface area contributed by atoms with Crippen molar-refractivity contribution in [2.45, 2.75) is 25.7 Å². The molecule has 8 nitrogen and oxygen atoms in total. The number of hydrogen-bond acceptors (Lipinski definition) is 5. The number of nitrogens with zero attached hydrogens (tertiary/aromatic N) is 4. The number of nitrogens with one attached hydrogen (secondary N) is 1. The molecule has 4 rings (SSSR count). The molecule has 3 N–H and O–H groups in total. The van der Waals surface area contributed by atoms with Crippen LogP contribution in [0.5, 0.6) is 0 Å². The molecule has 0 atom stereocenters. The molecule has 0 aliphatic carbocycles. The summed E-state index contributed by atoms with van der Waals surface area (Å²) in [6.07, 6.45) is 4.58. The van der Waals surface area contributed by atoms with E-state index in [1.54, 1.807) is 0 Å². The van der Waals surface area contributed by atoms with Crippen LogP contribution in [0.25, 0.3) is 16.7 Å². The van der Waals surface area contributed by atoms with E-state index in [0.29, 0.717) is 18.1 Å². The van der Waals surface area contributed by atoms with Crippen LogP contribution in [-0.4, -0.2) is 51.1 Å². The molecule has 1 saturated heterocycles.